The first-order valence-corrected chi connectivity index (χ1v) is 9.57. The molecule has 1 N–H and O–H groups in total. The molecule has 7 nitrogen and oxygen atoms in total. The van der Waals surface area contributed by atoms with E-state index < -0.39 is 16.0 Å². The molecule has 136 valence electrons. The van der Waals surface area contributed by atoms with Crippen molar-refractivity contribution in [1.82, 2.24) is 14.3 Å². The van der Waals surface area contributed by atoms with Crippen LogP contribution < -0.4 is 4.72 Å². The highest BCUT2D eigenvalue weighted by atomic mass is 32.2. The van der Waals surface area contributed by atoms with Crippen LogP contribution >= 0.6 is 0 Å². The molecular weight excluding hydrogens is 354 g/mol. The third kappa shape index (κ3) is 3.92. The maximum atomic E-state index is 12.3. The summed E-state index contributed by atoms with van der Waals surface area (Å²) < 4.78 is 33.8. The number of hydrogen-bond acceptors (Lipinski definition) is 5. The van der Waals surface area contributed by atoms with Gasteiger partial charge in [0, 0.05) is 13.1 Å². The van der Waals surface area contributed by atoms with E-state index in [1.807, 2.05) is 28.8 Å². The maximum Gasteiger partial charge on any atom is 0.337 e. The summed E-state index contributed by atoms with van der Waals surface area (Å²) in [6.45, 7) is 0.956. The van der Waals surface area contributed by atoms with Crippen LogP contribution in [-0.4, -0.2) is 37.6 Å². The number of carbonyl (C=O) groups is 1. The number of carbonyl (C=O) groups excluding carboxylic acids is 1. The Morgan fingerprint density at radius 2 is 1.88 bits per heavy atom. The quantitative estimate of drug-likeness (QED) is 0.506. The molecule has 0 aliphatic rings. The number of ether oxygens (including phenoxy) is 1. The molecule has 0 aliphatic carbocycles. The molecule has 0 saturated heterocycles. The van der Waals surface area contributed by atoms with Gasteiger partial charge in [0.25, 0.3) is 0 Å². The number of aryl methyl sites for hydroxylation is 1. The number of sulfonamides is 1. The third-order valence-corrected chi connectivity index (χ3v) is 5.46. The van der Waals surface area contributed by atoms with Crippen molar-refractivity contribution in [2.24, 2.45) is 0 Å². The number of para-hydroxylation sites is 2. The zero-order valence-electron chi connectivity index (χ0n) is 14.3. The fourth-order valence-electron chi connectivity index (χ4n) is 2.62. The number of methoxy groups -OCH3 is 1. The van der Waals surface area contributed by atoms with Crippen LogP contribution in [0, 0.1) is 0 Å². The largest absolute Gasteiger partial charge is 0.465 e. The van der Waals surface area contributed by atoms with Crippen molar-refractivity contribution < 1.29 is 17.9 Å². The van der Waals surface area contributed by atoms with Gasteiger partial charge in [-0.05, 0) is 42.8 Å². The van der Waals surface area contributed by atoms with Gasteiger partial charge in [-0.3, -0.25) is 0 Å². The standard InChI is InChI=1S/C18H19N3O4S/c1-25-18(22)14-7-9-15(10-8-14)26(23,24)20-11-4-12-21-13-19-16-5-2-3-6-17(16)21/h2-3,5-10,13,20H,4,11-12H2,1H3. The Labute approximate surface area is 151 Å². The van der Waals surface area contributed by atoms with Crippen LogP contribution in [0.3, 0.4) is 0 Å². The second kappa shape index (κ2) is 7.67. The molecule has 0 spiro atoms. The number of hydrogen-bond donors (Lipinski definition) is 1. The first kappa shape index (κ1) is 18.1. The van der Waals surface area contributed by atoms with Gasteiger partial charge in [0.2, 0.25) is 10.0 Å². The van der Waals surface area contributed by atoms with Crippen LogP contribution in [0.15, 0.2) is 59.8 Å². The molecule has 3 rings (SSSR count). The average Bonchev–Trinajstić information content (AvgIpc) is 3.08. The van der Waals surface area contributed by atoms with Crippen LogP contribution in [0.2, 0.25) is 0 Å². The fraction of sp³-hybridized carbons (Fsp3) is 0.222. The van der Waals surface area contributed by atoms with Gasteiger partial charge in [0.1, 0.15) is 0 Å². The van der Waals surface area contributed by atoms with Crippen molar-refractivity contribution in [3.8, 4) is 0 Å². The molecule has 0 aliphatic heterocycles. The van der Waals surface area contributed by atoms with E-state index in [2.05, 4.69) is 14.4 Å². The summed E-state index contributed by atoms with van der Waals surface area (Å²) >= 11 is 0. The number of aromatic nitrogens is 2. The number of fused-ring (bicyclic) bond motifs is 1. The van der Waals surface area contributed by atoms with Crippen LogP contribution in [0.25, 0.3) is 11.0 Å². The molecule has 0 unspecified atom stereocenters. The molecule has 0 fully saturated rings. The van der Waals surface area contributed by atoms with Crippen molar-refractivity contribution in [2.45, 2.75) is 17.9 Å². The van der Waals surface area contributed by atoms with Crippen molar-refractivity contribution in [2.75, 3.05) is 13.7 Å². The van der Waals surface area contributed by atoms with Crippen LogP contribution in [0.5, 0.6) is 0 Å². The number of imidazole rings is 1. The highest BCUT2D eigenvalue weighted by Gasteiger charge is 2.14. The third-order valence-electron chi connectivity index (χ3n) is 3.98. The van der Waals surface area contributed by atoms with Gasteiger partial charge in [-0.2, -0.15) is 0 Å². The Morgan fingerprint density at radius 3 is 2.62 bits per heavy atom. The predicted molar refractivity (Wildman–Crippen MR) is 97.3 cm³/mol. The summed E-state index contributed by atoms with van der Waals surface area (Å²) in [5.74, 6) is -0.505. The predicted octanol–water partition coefficient (Wildman–Crippen LogP) is 2.19. The van der Waals surface area contributed by atoms with E-state index in [0.29, 0.717) is 25.1 Å². The lowest BCUT2D eigenvalue weighted by Gasteiger charge is -2.08. The molecule has 2 aromatic carbocycles. The van der Waals surface area contributed by atoms with Gasteiger partial charge >= 0.3 is 5.97 Å². The molecule has 1 aromatic heterocycles. The summed E-state index contributed by atoms with van der Waals surface area (Å²) in [6, 6.07) is 13.4. The lowest BCUT2D eigenvalue weighted by atomic mass is 10.2. The topological polar surface area (TPSA) is 90.3 Å². The number of rotatable bonds is 7. The molecule has 3 aromatic rings. The Balaban J connectivity index is 1.57. The molecule has 0 bridgehead atoms. The number of benzene rings is 2. The molecular formula is C18H19N3O4S. The summed E-state index contributed by atoms with van der Waals surface area (Å²) in [5.41, 5.74) is 2.24. The van der Waals surface area contributed by atoms with Crippen molar-refractivity contribution >= 4 is 27.0 Å². The summed E-state index contributed by atoms with van der Waals surface area (Å²) in [6.07, 6.45) is 2.38. The van der Waals surface area contributed by atoms with E-state index in [0.717, 1.165) is 11.0 Å². The van der Waals surface area contributed by atoms with E-state index in [1.165, 1.54) is 31.4 Å². The molecule has 0 amide bonds. The Bertz CT molecular complexity index is 1010. The van der Waals surface area contributed by atoms with Crippen molar-refractivity contribution in [3.63, 3.8) is 0 Å². The minimum absolute atomic E-state index is 0.109. The second-order valence-electron chi connectivity index (χ2n) is 5.69. The Morgan fingerprint density at radius 1 is 1.15 bits per heavy atom. The zero-order chi connectivity index (χ0) is 18.6. The van der Waals surface area contributed by atoms with Crippen molar-refractivity contribution in [3.05, 3.63) is 60.4 Å². The monoisotopic (exact) mass is 373 g/mol. The van der Waals surface area contributed by atoms with Gasteiger partial charge in [-0.15, -0.1) is 0 Å². The number of nitrogens with one attached hydrogen (secondary N) is 1. The number of esters is 1. The molecule has 8 heteroatoms. The first-order chi connectivity index (χ1) is 12.5. The van der Waals surface area contributed by atoms with Gasteiger partial charge in [0.05, 0.1) is 34.9 Å². The molecule has 0 atom stereocenters. The molecule has 26 heavy (non-hydrogen) atoms. The highest BCUT2D eigenvalue weighted by Crippen LogP contribution is 2.13. The smallest absolute Gasteiger partial charge is 0.337 e. The van der Waals surface area contributed by atoms with E-state index in [1.54, 1.807) is 6.33 Å². The fourth-order valence-corrected chi connectivity index (χ4v) is 3.69. The highest BCUT2D eigenvalue weighted by molar-refractivity contribution is 7.89. The SMILES string of the molecule is COC(=O)c1ccc(S(=O)(=O)NCCCn2cnc3ccccc32)cc1. The van der Waals surface area contributed by atoms with Gasteiger partial charge < -0.3 is 9.30 Å². The van der Waals surface area contributed by atoms with E-state index in [4.69, 9.17) is 0 Å². The normalized spacial score (nSPS) is 11.6. The van der Waals surface area contributed by atoms with Crippen molar-refractivity contribution in [1.29, 1.82) is 0 Å². The number of nitrogens with zero attached hydrogens (tertiary/aromatic N) is 2. The first-order valence-electron chi connectivity index (χ1n) is 8.09. The average molecular weight is 373 g/mol. The van der Waals surface area contributed by atoms with E-state index >= 15 is 0 Å². The van der Waals surface area contributed by atoms with Crippen LogP contribution in [0.1, 0.15) is 16.8 Å². The minimum Gasteiger partial charge on any atom is -0.465 e. The van der Waals surface area contributed by atoms with E-state index in [-0.39, 0.29) is 4.90 Å². The summed E-state index contributed by atoms with van der Waals surface area (Å²) in [5, 5.41) is 0. The maximum absolute atomic E-state index is 12.3. The van der Waals surface area contributed by atoms with Crippen LogP contribution in [-0.2, 0) is 21.3 Å². The second-order valence-corrected chi connectivity index (χ2v) is 7.46. The lowest BCUT2D eigenvalue weighted by molar-refractivity contribution is 0.0600. The molecule has 0 saturated carbocycles. The minimum atomic E-state index is -3.62. The Kier molecular flexibility index (Phi) is 5.34. The summed E-state index contributed by atoms with van der Waals surface area (Å²) in [4.78, 5) is 15.8. The Hall–Kier alpha value is -2.71. The molecule has 1 heterocycles. The lowest BCUT2D eigenvalue weighted by Crippen LogP contribution is -2.25. The summed E-state index contributed by atoms with van der Waals surface area (Å²) in [7, 11) is -2.34. The van der Waals surface area contributed by atoms with Gasteiger partial charge in [0.15, 0.2) is 0 Å². The van der Waals surface area contributed by atoms with Crippen LogP contribution in [0.4, 0.5) is 0 Å². The van der Waals surface area contributed by atoms with E-state index in [9.17, 15) is 13.2 Å². The van der Waals surface area contributed by atoms with Gasteiger partial charge in [-0.1, -0.05) is 12.1 Å². The molecule has 0 radical (unpaired) electrons. The van der Waals surface area contributed by atoms with Gasteiger partial charge in [-0.25, -0.2) is 22.9 Å². The zero-order valence-corrected chi connectivity index (χ0v) is 15.1.